The molecule has 15 heavy (non-hydrogen) atoms. The number of nitrogens with zero attached hydrogens (tertiary/aromatic N) is 3. The molecule has 2 aliphatic heterocycles. The fourth-order valence-electron chi connectivity index (χ4n) is 2.04. The highest BCUT2D eigenvalue weighted by Crippen LogP contribution is 2.28. The highest BCUT2D eigenvalue weighted by Gasteiger charge is 2.39. The molecule has 1 N–H and O–H groups in total. The molecule has 2 aliphatic rings. The summed E-state index contributed by atoms with van der Waals surface area (Å²) >= 11 is 1.42. The normalized spacial score (nSPS) is 32.4. The van der Waals surface area contributed by atoms with Gasteiger partial charge in [-0.15, -0.1) is 0 Å². The maximum absolute atomic E-state index is 4.24. The first-order valence-electron chi connectivity index (χ1n) is 5.18. The first-order chi connectivity index (χ1) is 7.15. The van der Waals surface area contributed by atoms with Gasteiger partial charge < -0.3 is 4.90 Å². The molecule has 0 spiro atoms. The van der Waals surface area contributed by atoms with Crippen LogP contribution in [-0.4, -0.2) is 55.9 Å². The van der Waals surface area contributed by atoms with Gasteiger partial charge in [0, 0.05) is 13.1 Å². The zero-order chi connectivity index (χ0) is 10.9. The van der Waals surface area contributed by atoms with Crippen molar-refractivity contribution in [3.63, 3.8) is 0 Å². The van der Waals surface area contributed by atoms with Crippen LogP contribution in [0.3, 0.4) is 0 Å². The Morgan fingerprint density at radius 3 is 2.93 bits per heavy atom. The summed E-state index contributed by atoms with van der Waals surface area (Å²) in [5.74, 6) is 0. The van der Waals surface area contributed by atoms with Crippen molar-refractivity contribution in [3.8, 4) is 0 Å². The van der Waals surface area contributed by atoms with Crippen LogP contribution in [0.5, 0.6) is 0 Å². The van der Waals surface area contributed by atoms with Gasteiger partial charge in [0.1, 0.15) is 5.66 Å². The third-order valence-electron chi connectivity index (χ3n) is 3.03. The predicted molar refractivity (Wildman–Crippen MR) is 65.8 cm³/mol. The molecule has 0 aromatic heterocycles. The third kappa shape index (κ3) is 1.97. The number of hydrogen-bond donors (Lipinski definition) is 1. The quantitative estimate of drug-likeness (QED) is 0.556. The van der Waals surface area contributed by atoms with E-state index in [0.717, 1.165) is 19.5 Å². The van der Waals surface area contributed by atoms with E-state index in [1.807, 2.05) is 6.21 Å². The molecular formula is C10H18N4S. The smallest absolute Gasteiger partial charge is 0.142 e. The van der Waals surface area contributed by atoms with Crippen molar-refractivity contribution in [3.05, 3.63) is 11.6 Å². The lowest BCUT2D eigenvalue weighted by Gasteiger charge is -2.38. The topological polar surface area (TPSA) is 30.9 Å². The number of hydrogen-bond acceptors (Lipinski definition) is 5. The Balaban J connectivity index is 2.25. The van der Waals surface area contributed by atoms with Gasteiger partial charge in [-0.2, -0.15) is 0 Å². The van der Waals surface area contributed by atoms with Crippen LogP contribution in [0.15, 0.2) is 16.0 Å². The fourth-order valence-corrected chi connectivity index (χ4v) is 2.80. The lowest BCUT2D eigenvalue weighted by molar-refractivity contribution is 0.237. The first-order valence-corrected chi connectivity index (χ1v) is 5.96. The van der Waals surface area contributed by atoms with Crippen molar-refractivity contribution < 1.29 is 0 Å². The lowest BCUT2D eigenvalue weighted by atomic mass is 9.96. The second-order valence-corrected chi connectivity index (χ2v) is 4.94. The van der Waals surface area contributed by atoms with Gasteiger partial charge in [-0.1, -0.05) is 6.08 Å². The van der Waals surface area contributed by atoms with E-state index in [1.54, 1.807) is 0 Å². The highest BCUT2D eigenvalue weighted by molar-refractivity contribution is 7.96. The van der Waals surface area contributed by atoms with Crippen LogP contribution in [0, 0.1) is 0 Å². The summed E-state index contributed by atoms with van der Waals surface area (Å²) in [4.78, 5) is 4.53. The van der Waals surface area contributed by atoms with Crippen LogP contribution in [0.4, 0.5) is 0 Å². The standard InChI is InChI=1S/C10H18N4S/c1-13(2)10(8-11-15-12-10)9-5-4-6-14(3)7-9/h5,8,12H,4,6-7H2,1-3H3. The van der Waals surface area contributed by atoms with Crippen molar-refractivity contribution in [2.24, 2.45) is 4.40 Å². The van der Waals surface area contributed by atoms with Crippen LogP contribution in [-0.2, 0) is 0 Å². The SMILES string of the molecule is CN1CCC=C(C2(N(C)C)C=NSN2)C1. The Morgan fingerprint density at radius 2 is 2.40 bits per heavy atom. The molecule has 0 fully saturated rings. The van der Waals surface area contributed by atoms with Crippen LogP contribution in [0.25, 0.3) is 0 Å². The van der Waals surface area contributed by atoms with E-state index in [1.165, 1.54) is 17.7 Å². The van der Waals surface area contributed by atoms with Gasteiger partial charge in [0.2, 0.25) is 0 Å². The Hall–Kier alpha value is -0.360. The Bertz CT molecular complexity index is 300. The molecule has 0 aromatic carbocycles. The summed E-state index contributed by atoms with van der Waals surface area (Å²) in [5, 5.41) is 0. The molecule has 1 atom stereocenters. The fraction of sp³-hybridized carbons (Fsp3) is 0.700. The second kappa shape index (κ2) is 4.25. The minimum atomic E-state index is -0.181. The summed E-state index contributed by atoms with van der Waals surface area (Å²) < 4.78 is 7.62. The van der Waals surface area contributed by atoms with E-state index >= 15 is 0 Å². The Kier molecular flexibility index (Phi) is 3.16. The minimum absolute atomic E-state index is 0.181. The molecule has 0 saturated heterocycles. The first kappa shape index (κ1) is 11.1. The van der Waals surface area contributed by atoms with Gasteiger partial charge in [-0.05, 0) is 33.1 Å². The zero-order valence-corrected chi connectivity index (χ0v) is 10.3. The molecule has 0 aromatic rings. The van der Waals surface area contributed by atoms with Crippen molar-refractivity contribution in [1.82, 2.24) is 14.5 Å². The molecule has 5 heteroatoms. The largest absolute Gasteiger partial charge is 0.302 e. The van der Waals surface area contributed by atoms with Gasteiger partial charge in [0.25, 0.3) is 0 Å². The number of rotatable bonds is 2. The van der Waals surface area contributed by atoms with Gasteiger partial charge in [0.05, 0.1) is 18.3 Å². The average molecular weight is 226 g/mol. The molecule has 2 rings (SSSR count). The average Bonchev–Trinajstić information content (AvgIpc) is 2.67. The molecule has 0 radical (unpaired) electrons. The van der Waals surface area contributed by atoms with Crippen molar-refractivity contribution in [1.29, 1.82) is 0 Å². The summed E-state index contributed by atoms with van der Waals surface area (Å²) in [6.45, 7) is 2.16. The zero-order valence-electron chi connectivity index (χ0n) is 9.53. The van der Waals surface area contributed by atoms with E-state index in [2.05, 4.69) is 46.1 Å². The second-order valence-electron chi connectivity index (χ2n) is 4.34. The number of likely N-dealkylation sites (N-methyl/N-ethyl adjacent to an activating group) is 2. The molecular weight excluding hydrogens is 208 g/mol. The van der Waals surface area contributed by atoms with Gasteiger partial charge in [-0.3, -0.25) is 4.90 Å². The summed E-state index contributed by atoms with van der Waals surface area (Å²) in [6, 6.07) is 0. The molecule has 84 valence electrons. The van der Waals surface area contributed by atoms with Gasteiger partial charge in [0.15, 0.2) is 0 Å². The molecule has 4 nitrogen and oxygen atoms in total. The van der Waals surface area contributed by atoms with Crippen molar-refractivity contribution in [2.75, 3.05) is 34.2 Å². The van der Waals surface area contributed by atoms with Crippen molar-refractivity contribution >= 4 is 18.3 Å². The Morgan fingerprint density at radius 1 is 1.60 bits per heavy atom. The molecule has 0 bridgehead atoms. The van der Waals surface area contributed by atoms with E-state index in [-0.39, 0.29) is 5.66 Å². The maximum atomic E-state index is 4.24. The molecule has 2 heterocycles. The monoisotopic (exact) mass is 226 g/mol. The van der Waals surface area contributed by atoms with Crippen LogP contribution in [0.2, 0.25) is 0 Å². The van der Waals surface area contributed by atoms with Crippen LogP contribution < -0.4 is 4.72 Å². The molecule has 0 amide bonds. The molecule has 0 aliphatic carbocycles. The Labute approximate surface area is 95.7 Å². The summed E-state index contributed by atoms with van der Waals surface area (Å²) in [5.41, 5.74) is 1.22. The van der Waals surface area contributed by atoms with Crippen LogP contribution in [0.1, 0.15) is 6.42 Å². The highest BCUT2D eigenvalue weighted by atomic mass is 32.2. The van der Waals surface area contributed by atoms with Crippen molar-refractivity contribution in [2.45, 2.75) is 12.1 Å². The van der Waals surface area contributed by atoms with E-state index in [0.29, 0.717) is 0 Å². The number of nitrogens with one attached hydrogen (secondary N) is 1. The molecule has 0 saturated carbocycles. The van der Waals surface area contributed by atoms with E-state index in [9.17, 15) is 0 Å². The maximum Gasteiger partial charge on any atom is 0.142 e. The lowest BCUT2D eigenvalue weighted by Crippen LogP contribution is -2.56. The summed E-state index contributed by atoms with van der Waals surface area (Å²) in [7, 11) is 6.33. The minimum Gasteiger partial charge on any atom is -0.302 e. The van der Waals surface area contributed by atoms with Gasteiger partial charge in [-0.25, -0.2) is 9.12 Å². The van der Waals surface area contributed by atoms with E-state index in [4.69, 9.17) is 0 Å². The predicted octanol–water partition coefficient (Wildman–Crippen LogP) is 0.743. The van der Waals surface area contributed by atoms with Gasteiger partial charge >= 0.3 is 0 Å². The molecule has 1 unspecified atom stereocenters. The third-order valence-corrected chi connectivity index (χ3v) is 3.64. The summed E-state index contributed by atoms with van der Waals surface area (Å²) in [6.07, 6.45) is 5.47. The van der Waals surface area contributed by atoms with Crippen LogP contribution >= 0.6 is 12.1 Å². The van der Waals surface area contributed by atoms with E-state index < -0.39 is 0 Å².